The Morgan fingerprint density at radius 2 is 1.88 bits per heavy atom. The van der Waals surface area contributed by atoms with E-state index >= 15 is 0 Å². The van der Waals surface area contributed by atoms with Gasteiger partial charge in [0.25, 0.3) is 5.91 Å². The molecule has 0 aliphatic carbocycles. The standard InChI is InChI=1S/C18H24N4O3/c1-11(2)19-17(24)20-13-8-9-21-15(10-13)16(23)22(18(21)25)14-6-4-12(3)5-7-14/h4-7,11,13,15H,8-10H2,1-3H3,(H2,19,20,24). The Balaban J connectivity index is 1.71. The Morgan fingerprint density at radius 3 is 2.52 bits per heavy atom. The second kappa shape index (κ2) is 6.74. The van der Waals surface area contributed by atoms with Gasteiger partial charge in [0.15, 0.2) is 0 Å². The van der Waals surface area contributed by atoms with Gasteiger partial charge in [-0.1, -0.05) is 17.7 Å². The highest BCUT2D eigenvalue weighted by Crippen LogP contribution is 2.30. The summed E-state index contributed by atoms with van der Waals surface area (Å²) in [6.45, 7) is 6.20. The summed E-state index contributed by atoms with van der Waals surface area (Å²) in [5.74, 6) is -0.218. The van der Waals surface area contributed by atoms with Crippen molar-refractivity contribution in [1.29, 1.82) is 0 Å². The summed E-state index contributed by atoms with van der Waals surface area (Å²) in [5, 5.41) is 5.69. The van der Waals surface area contributed by atoms with Gasteiger partial charge in [0.1, 0.15) is 6.04 Å². The van der Waals surface area contributed by atoms with Gasteiger partial charge in [-0.2, -0.15) is 0 Å². The molecule has 0 bridgehead atoms. The molecule has 0 spiro atoms. The molecule has 2 heterocycles. The van der Waals surface area contributed by atoms with E-state index in [2.05, 4.69) is 10.6 Å². The van der Waals surface area contributed by atoms with Crippen molar-refractivity contribution in [3.63, 3.8) is 0 Å². The van der Waals surface area contributed by atoms with E-state index in [0.717, 1.165) is 5.56 Å². The van der Waals surface area contributed by atoms with E-state index in [1.54, 1.807) is 17.0 Å². The number of amides is 5. The fourth-order valence-electron chi connectivity index (χ4n) is 3.35. The zero-order valence-corrected chi connectivity index (χ0v) is 14.8. The molecule has 2 unspecified atom stereocenters. The van der Waals surface area contributed by atoms with Gasteiger partial charge < -0.3 is 15.5 Å². The van der Waals surface area contributed by atoms with Crippen molar-refractivity contribution in [1.82, 2.24) is 15.5 Å². The number of urea groups is 2. The summed E-state index contributed by atoms with van der Waals surface area (Å²) in [5.41, 5.74) is 1.66. The number of imide groups is 1. The molecule has 2 N–H and O–H groups in total. The van der Waals surface area contributed by atoms with E-state index in [4.69, 9.17) is 0 Å². The van der Waals surface area contributed by atoms with E-state index in [0.29, 0.717) is 25.1 Å². The van der Waals surface area contributed by atoms with Gasteiger partial charge in [0, 0.05) is 18.6 Å². The van der Waals surface area contributed by atoms with Crippen molar-refractivity contribution in [3.8, 4) is 0 Å². The Hall–Kier alpha value is -2.57. The van der Waals surface area contributed by atoms with Crippen molar-refractivity contribution in [2.75, 3.05) is 11.4 Å². The average Bonchev–Trinajstić information content (AvgIpc) is 2.79. The predicted molar refractivity (Wildman–Crippen MR) is 94.4 cm³/mol. The SMILES string of the molecule is Cc1ccc(N2C(=O)C3CC(NC(=O)NC(C)C)CCN3C2=O)cc1. The number of hydrogen-bond donors (Lipinski definition) is 2. The van der Waals surface area contributed by atoms with E-state index in [1.807, 2.05) is 32.9 Å². The van der Waals surface area contributed by atoms with E-state index in [1.165, 1.54) is 4.90 Å². The Labute approximate surface area is 147 Å². The maximum absolute atomic E-state index is 12.8. The van der Waals surface area contributed by atoms with Crippen LogP contribution in [-0.2, 0) is 4.79 Å². The Bertz CT molecular complexity index is 686. The van der Waals surface area contributed by atoms with E-state index in [9.17, 15) is 14.4 Å². The van der Waals surface area contributed by atoms with E-state index < -0.39 is 6.04 Å². The lowest BCUT2D eigenvalue weighted by atomic mass is 9.98. The molecule has 3 rings (SSSR count). The Morgan fingerprint density at radius 1 is 1.20 bits per heavy atom. The number of piperidine rings is 1. The molecule has 2 fully saturated rings. The molecule has 0 radical (unpaired) electrons. The number of carbonyl (C=O) groups is 3. The first-order valence-corrected chi connectivity index (χ1v) is 8.65. The number of fused-ring (bicyclic) bond motifs is 1. The third kappa shape index (κ3) is 3.45. The lowest BCUT2D eigenvalue weighted by Crippen LogP contribution is -2.52. The largest absolute Gasteiger partial charge is 0.336 e. The first-order chi connectivity index (χ1) is 11.9. The monoisotopic (exact) mass is 344 g/mol. The number of rotatable bonds is 3. The molecule has 2 atom stereocenters. The van der Waals surface area contributed by atoms with Crippen LogP contribution in [0.25, 0.3) is 0 Å². The van der Waals surface area contributed by atoms with Crippen LogP contribution in [0, 0.1) is 6.92 Å². The van der Waals surface area contributed by atoms with Crippen LogP contribution >= 0.6 is 0 Å². The fourth-order valence-corrected chi connectivity index (χ4v) is 3.35. The fraction of sp³-hybridized carbons (Fsp3) is 0.500. The third-order valence-corrected chi connectivity index (χ3v) is 4.59. The Kier molecular flexibility index (Phi) is 4.65. The van der Waals surface area contributed by atoms with Crippen LogP contribution in [0.4, 0.5) is 15.3 Å². The summed E-state index contributed by atoms with van der Waals surface area (Å²) in [7, 11) is 0. The van der Waals surface area contributed by atoms with Crippen LogP contribution < -0.4 is 15.5 Å². The van der Waals surface area contributed by atoms with Crippen molar-refractivity contribution < 1.29 is 14.4 Å². The van der Waals surface area contributed by atoms with Gasteiger partial charge in [-0.3, -0.25) is 4.79 Å². The molecule has 7 heteroatoms. The summed E-state index contributed by atoms with van der Waals surface area (Å²) in [4.78, 5) is 40.2. The molecule has 1 aromatic carbocycles. The second-order valence-electron chi connectivity index (χ2n) is 6.99. The van der Waals surface area contributed by atoms with Crippen molar-refractivity contribution in [2.45, 2.75) is 51.7 Å². The zero-order chi connectivity index (χ0) is 18.1. The molecule has 0 aromatic heterocycles. The number of aryl methyl sites for hydroxylation is 1. The van der Waals surface area contributed by atoms with Gasteiger partial charge >= 0.3 is 12.1 Å². The summed E-state index contributed by atoms with van der Waals surface area (Å²) in [6.07, 6.45) is 1.08. The molecule has 134 valence electrons. The van der Waals surface area contributed by atoms with Crippen molar-refractivity contribution in [3.05, 3.63) is 29.8 Å². The molecule has 0 saturated carbocycles. The molecule has 25 heavy (non-hydrogen) atoms. The van der Waals surface area contributed by atoms with Gasteiger partial charge in [0.2, 0.25) is 0 Å². The minimum absolute atomic E-state index is 0.0480. The van der Waals surface area contributed by atoms with Gasteiger partial charge in [0.05, 0.1) is 5.69 Å². The van der Waals surface area contributed by atoms with Crippen LogP contribution in [0.2, 0.25) is 0 Å². The first kappa shape index (κ1) is 17.3. The number of anilines is 1. The maximum atomic E-state index is 12.8. The molecule has 1 aromatic rings. The number of benzene rings is 1. The van der Waals surface area contributed by atoms with Gasteiger partial charge in [-0.05, 0) is 45.7 Å². The summed E-state index contributed by atoms with van der Waals surface area (Å²) in [6, 6.07) is 6.25. The first-order valence-electron chi connectivity index (χ1n) is 8.65. The molecule has 2 aliphatic heterocycles. The normalized spacial score (nSPS) is 23.0. The second-order valence-corrected chi connectivity index (χ2v) is 6.99. The molecule has 7 nitrogen and oxygen atoms in total. The van der Waals surface area contributed by atoms with Crippen LogP contribution in [-0.4, -0.2) is 47.5 Å². The number of nitrogens with one attached hydrogen (secondary N) is 2. The lowest BCUT2D eigenvalue weighted by Gasteiger charge is -2.32. The number of carbonyl (C=O) groups excluding carboxylic acids is 3. The highest BCUT2D eigenvalue weighted by molar-refractivity contribution is 6.21. The van der Waals surface area contributed by atoms with E-state index in [-0.39, 0.29) is 30.1 Å². The van der Waals surface area contributed by atoms with Crippen LogP contribution in [0.15, 0.2) is 24.3 Å². The maximum Gasteiger partial charge on any atom is 0.332 e. The van der Waals surface area contributed by atoms with Crippen LogP contribution in [0.1, 0.15) is 32.3 Å². The molecule has 2 aliphatic rings. The predicted octanol–water partition coefficient (Wildman–Crippen LogP) is 2.00. The molecular formula is C18H24N4O3. The topological polar surface area (TPSA) is 81.8 Å². The van der Waals surface area contributed by atoms with Crippen molar-refractivity contribution in [2.24, 2.45) is 0 Å². The smallest absolute Gasteiger partial charge is 0.332 e. The average molecular weight is 344 g/mol. The minimum atomic E-state index is -0.507. The molecular weight excluding hydrogens is 320 g/mol. The highest BCUT2D eigenvalue weighted by atomic mass is 16.2. The lowest BCUT2D eigenvalue weighted by molar-refractivity contribution is -0.120. The summed E-state index contributed by atoms with van der Waals surface area (Å²) < 4.78 is 0. The molecule has 5 amide bonds. The van der Waals surface area contributed by atoms with Gasteiger partial charge in [-0.15, -0.1) is 0 Å². The third-order valence-electron chi connectivity index (χ3n) is 4.59. The van der Waals surface area contributed by atoms with Crippen molar-refractivity contribution >= 4 is 23.7 Å². The number of hydrogen-bond acceptors (Lipinski definition) is 3. The van der Waals surface area contributed by atoms with Crippen LogP contribution in [0.5, 0.6) is 0 Å². The summed E-state index contributed by atoms with van der Waals surface area (Å²) >= 11 is 0. The quantitative estimate of drug-likeness (QED) is 0.823. The highest BCUT2D eigenvalue weighted by Gasteiger charge is 2.48. The minimum Gasteiger partial charge on any atom is -0.336 e. The van der Waals surface area contributed by atoms with Crippen LogP contribution in [0.3, 0.4) is 0 Å². The van der Waals surface area contributed by atoms with Gasteiger partial charge in [-0.25, -0.2) is 14.5 Å². The molecule has 2 saturated heterocycles. The zero-order valence-electron chi connectivity index (χ0n) is 14.8. The number of nitrogens with zero attached hydrogens (tertiary/aromatic N) is 2.